The maximum Gasteiger partial charge on any atom is 0.256 e. The molecule has 0 saturated carbocycles. The highest BCUT2D eigenvalue weighted by Gasteiger charge is 2.23. The fourth-order valence-corrected chi connectivity index (χ4v) is 1.84. The van der Waals surface area contributed by atoms with Gasteiger partial charge in [0.1, 0.15) is 0 Å². The number of halogens is 1. The van der Waals surface area contributed by atoms with E-state index in [-0.39, 0.29) is 16.9 Å². The van der Waals surface area contributed by atoms with Gasteiger partial charge in [0.05, 0.1) is 5.57 Å². The molecule has 19 heavy (non-hydrogen) atoms. The lowest BCUT2D eigenvalue weighted by Crippen LogP contribution is -2.12. The summed E-state index contributed by atoms with van der Waals surface area (Å²) in [5.74, 6) is -2.06. The van der Waals surface area contributed by atoms with Gasteiger partial charge in [-0.25, -0.2) is 0 Å². The molecule has 0 unspecified atom stereocenters. The van der Waals surface area contributed by atoms with Crippen molar-refractivity contribution in [3.05, 3.63) is 29.3 Å². The molecular formula is C13H11ClO5. The minimum absolute atomic E-state index is 0.127. The number of aromatic hydroxyl groups is 2. The summed E-state index contributed by atoms with van der Waals surface area (Å²) in [5, 5.41) is 17.6. The van der Waals surface area contributed by atoms with Crippen LogP contribution in [0.2, 0.25) is 0 Å². The standard InChI is InChI=1S/C13H11ClO5/c1-6(15)11(12(7(2)16)13(14)19)8-3-4-9(17)10(18)5-8/h3-5,17-18H,1-2H3/b12-11+. The number of benzene rings is 1. The van der Waals surface area contributed by atoms with Crippen LogP contribution in [0.3, 0.4) is 0 Å². The molecule has 6 heteroatoms. The van der Waals surface area contributed by atoms with Crippen LogP contribution in [0.1, 0.15) is 19.4 Å². The summed E-state index contributed by atoms with van der Waals surface area (Å²) in [5.41, 5.74) is -0.510. The molecule has 0 heterocycles. The van der Waals surface area contributed by atoms with Crippen LogP contribution in [0, 0.1) is 0 Å². The third-order valence-corrected chi connectivity index (χ3v) is 2.60. The summed E-state index contributed by atoms with van der Waals surface area (Å²) in [6.45, 7) is 2.28. The number of ketones is 2. The van der Waals surface area contributed by atoms with Gasteiger partial charge in [-0.15, -0.1) is 0 Å². The molecule has 0 aliphatic rings. The Hall–Kier alpha value is -2.14. The summed E-state index contributed by atoms with van der Waals surface area (Å²) < 4.78 is 0. The van der Waals surface area contributed by atoms with Gasteiger partial charge in [0.15, 0.2) is 23.1 Å². The van der Waals surface area contributed by atoms with E-state index in [1.807, 2.05) is 0 Å². The molecule has 1 aromatic rings. The summed E-state index contributed by atoms with van der Waals surface area (Å²) in [6.07, 6.45) is 0. The van der Waals surface area contributed by atoms with Gasteiger partial charge >= 0.3 is 0 Å². The van der Waals surface area contributed by atoms with Crippen molar-refractivity contribution in [1.82, 2.24) is 0 Å². The molecule has 100 valence electrons. The van der Waals surface area contributed by atoms with Crippen molar-refractivity contribution in [3.63, 3.8) is 0 Å². The average Bonchev–Trinajstić information content (AvgIpc) is 2.28. The molecule has 1 rings (SSSR count). The van der Waals surface area contributed by atoms with Gasteiger partial charge in [0.2, 0.25) is 0 Å². The van der Waals surface area contributed by atoms with Gasteiger partial charge in [-0.1, -0.05) is 6.07 Å². The second kappa shape index (κ2) is 5.67. The van der Waals surface area contributed by atoms with E-state index in [0.29, 0.717) is 0 Å². The Morgan fingerprint density at radius 1 is 1.00 bits per heavy atom. The van der Waals surface area contributed by atoms with Gasteiger partial charge in [0.25, 0.3) is 5.24 Å². The maximum atomic E-state index is 11.6. The van der Waals surface area contributed by atoms with E-state index in [9.17, 15) is 24.6 Å². The molecule has 0 bridgehead atoms. The first-order valence-electron chi connectivity index (χ1n) is 5.24. The Labute approximate surface area is 114 Å². The van der Waals surface area contributed by atoms with Crippen molar-refractivity contribution in [2.24, 2.45) is 0 Å². The zero-order valence-electron chi connectivity index (χ0n) is 10.2. The Bertz CT molecular complexity index is 585. The molecule has 0 aliphatic heterocycles. The zero-order chi connectivity index (χ0) is 14.7. The zero-order valence-corrected chi connectivity index (χ0v) is 11.0. The van der Waals surface area contributed by atoms with E-state index in [1.54, 1.807) is 0 Å². The fraction of sp³-hybridized carbons (Fsp3) is 0.154. The van der Waals surface area contributed by atoms with Crippen molar-refractivity contribution < 1.29 is 24.6 Å². The van der Waals surface area contributed by atoms with Gasteiger partial charge in [-0.3, -0.25) is 14.4 Å². The highest BCUT2D eigenvalue weighted by molar-refractivity contribution is 6.72. The Kier molecular flexibility index (Phi) is 4.45. The number of carbonyl (C=O) groups is 3. The van der Waals surface area contributed by atoms with Crippen molar-refractivity contribution in [3.8, 4) is 11.5 Å². The number of hydrogen-bond acceptors (Lipinski definition) is 5. The normalized spacial score (nSPS) is 11.7. The summed E-state index contributed by atoms with van der Waals surface area (Å²) in [6, 6.07) is 3.52. The Morgan fingerprint density at radius 2 is 1.58 bits per heavy atom. The van der Waals surface area contributed by atoms with E-state index in [2.05, 4.69) is 0 Å². The molecule has 0 aliphatic carbocycles. The number of phenols is 2. The average molecular weight is 283 g/mol. The topological polar surface area (TPSA) is 91.7 Å². The van der Waals surface area contributed by atoms with Gasteiger partial charge < -0.3 is 10.2 Å². The lowest BCUT2D eigenvalue weighted by atomic mass is 9.95. The number of carbonyl (C=O) groups excluding carboxylic acids is 3. The van der Waals surface area contributed by atoms with Crippen LogP contribution >= 0.6 is 11.6 Å². The Morgan fingerprint density at radius 3 is 1.95 bits per heavy atom. The van der Waals surface area contributed by atoms with Crippen LogP contribution in [0.15, 0.2) is 23.8 Å². The third-order valence-electron chi connectivity index (χ3n) is 2.41. The van der Waals surface area contributed by atoms with E-state index in [1.165, 1.54) is 13.0 Å². The van der Waals surface area contributed by atoms with Crippen LogP contribution in [0.25, 0.3) is 5.57 Å². The number of rotatable bonds is 4. The van der Waals surface area contributed by atoms with Crippen molar-refractivity contribution >= 4 is 34.0 Å². The molecule has 0 atom stereocenters. The third kappa shape index (κ3) is 3.20. The molecule has 0 radical (unpaired) electrons. The summed E-state index contributed by atoms with van der Waals surface area (Å²) in [7, 11) is 0. The summed E-state index contributed by atoms with van der Waals surface area (Å²) >= 11 is 5.32. The van der Waals surface area contributed by atoms with E-state index < -0.39 is 28.1 Å². The quantitative estimate of drug-likeness (QED) is 0.289. The lowest BCUT2D eigenvalue weighted by Gasteiger charge is -2.09. The summed E-state index contributed by atoms with van der Waals surface area (Å²) in [4.78, 5) is 34.3. The molecule has 0 fully saturated rings. The van der Waals surface area contributed by atoms with Gasteiger partial charge in [-0.2, -0.15) is 0 Å². The largest absolute Gasteiger partial charge is 0.504 e. The first kappa shape index (κ1) is 14.9. The highest BCUT2D eigenvalue weighted by Crippen LogP contribution is 2.30. The predicted molar refractivity (Wildman–Crippen MR) is 68.9 cm³/mol. The molecule has 1 aromatic carbocycles. The first-order valence-corrected chi connectivity index (χ1v) is 5.61. The van der Waals surface area contributed by atoms with Crippen LogP contribution in [-0.4, -0.2) is 27.0 Å². The number of allylic oxidation sites excluding steroid dienone is 2. The van der Waals surface area contributed by atoms with Crippen LogP contribution < -0.4 is 0 Å². The van der Waals surface area contributed by atoms with E-state index in [4.69, 9.17) is 11.6 Å². The van der Waals surface area contributed by atoms with Crippen molar-refractivity contribution in [2.45, 2.75) is 13.8 Å². The van der Waals surface area contributed by atoms with E-state index in [0.717, 1.165) is 19.1 Å². The molecule has 2 N–H and O–H groups in total. The molecule has 5 nitrogen and oxygen atoms in total. The highest BCUT2D eigenvalue weighted by atomic mass is 35.5. The van der Waals surface area contributed by atoms with Crippen LogP contribution in [-0.2, 0) is 14.4 Å². The van der Waals surface area contributed by atoms with Crippen molar-refractivity contribution in [2.75, 3.05) is 0 Å². The number of phenolic OH excluding ortho intramolecular Hbond substituents is 2. The second-order valence-electron chi connectivity index (χ2n) is 3.84. The number of Topliss-reactive ketones (excluding diaryl/α,β-unsaturated/α-hetero) is 2. The maximum absolute atomic E-state index is 11.6. The predicted octanol–water partition coefficient (Wildman–Crippen LogP) is 1.79. The second-order valence-corrected chi connectivity index (χ2v) is 4.18. The van der Waals surface area contributed by atoms with Crippen molar-refractivity contribution in [1.29, 1.82) is 0 Å². The smallest absolute Gasteiger partial charge is 0.256 e. The number of hydrogen-bond donors (Lipinski definition) is 2. The molecule has 0 amide bonds. The first-order chi connectivity index (χ1) is 8.75. The lowest BCUT2D eigenvalue weighted by molar-refractivity contribution is -0.118. The van der Waals surface area contributed by atoms with Gasteiger partial charge in [0, 0.05) is 5.57 Å². The molecular weight excluding hydrogens is 272 g/mol. The molecule has 0 spiro atoms. The SMILES string of the molecule is CC(=O)/C(C(=O)Cl)=C(/C(C)=O)c1ccc(O)c(O)c1. The van der Waals surface area contributed by atoms with Crippen LogP contribution in [0.4, 0.5) is 0 Å². The van der Waals surface area contributed by atoms with Gasteiger partial charge in [-0.05, 0) is 43.1 Å². The van der Waals surface area contributed by atoms with Crippen LogP contribution in [0.5, 0.6) is 11.5 Å². The van der Waals surface area contributed by atoms with E-state index >= 15 is 0 Å². The fourth-order valence-electron chi connectivity index (χ4n) is 1.62. The molecule has 0 saturated heterocycles. The Balaban J connectivity index is 3.64. The minimum Gasteiger partial charge on any atom is -0.504 e. The minimum atomic E-state index is -1.05. The molecule has 0 aromatic heterocycles. The monoisotopic (exact) mass is 282 g/mol.